The smallest absolute Gasteiger partial charge is 0.282 e. The number of alkyl halides is 4. The van der Waals surface area contributed by atoms with Crippen molar-refractivity contribution in [3.05, 3.63) is 40.7 Å². The molecule has 0 aliphatic heterocycles. The molecular weight excluding hydrogens is 354 g/mol. The van der Waals surface area contributed by atoms with E-state index < -0.39 is 36.2 Å². The molecule has 24 heavy (non-hydrogen) atoms. The lowest BCUT2D eigenvalue weighted by Crippen LogP contribution is -2.26. The Labute approximate surface area is 138 Å². The van der Waals surface area contributed by atoms with Crippen molar-refractivity contribution >= 4 is 23.2 Å². The van der Waals surface area contributed by atoms with Crippen LogP contribution in [0.3, 0.4) is 0 Å². The van der Waals surface area contributed by atoms with E-state index in [1.54, 1.807) is 0 Å². The Morgan fingerprint density at radius 2 is 1.92 bits per heavy atom. The van der Waals surface area contributed by atoms with Crippen molar-refractivity contribution in [1.29, 1.82) is 0 Å². The topological polar surface area (TPSA) is 67.2 Å². The zero-order chi connectivity index (χ0) is 18.0. The maximum absolute atomic E-state index is 13.0. The number of hydrogen-bond acceptors (Lipinski definition) is 3. The van der Waals surface area contributed by atoms with Gasteiger partial charge in [0.15, 0.2) is 0 Å². The Balaban J connectivity index is 2.29. The molecule has 0 bridgehead atoms. The van der Waals surface area contributed by atoms with Gasteiger partial charge in [-0.05, 0) is 31.2 Å². The largest absolute Gasteiger partial charge is 0.506 e. The first-order valence-corrected chi connectivity index (χ1v) is 7.03. The number of rotatable bonds is 5. The summed E-state index contributed by atoms with van der Waals surface area (Å²) in [5.41, 5.74) is -1.70. The van der Waals surface area contributed by atoms with Gasteiger partial charge in [-0.15, -0.1) is 0 Å². The first kappa shape index (κ1) is 18.1. The number of halogens is 5. The molecule has 1 atom stereocenters. The van der Waals surface area contributed by atoms with E-state index in [2.05, 4.69) is 10.4 Å². The number of carbonyl (C=O) groups excluding carboxylic acids is 1. The first-order valence-electron chi connectivity index (χ1n) is 6.65. The van der Waals surface area contributed by atoms with Crippen LogP contribution in [0, 0.1) is 0 Å². The van der Waals surface area contributed by atoms with E-state index in [1.165, 1.54) is 25.1 Å². The van der Waals surface area contributed by atoms with E-state index in [-0.39, 0.29) is 16.5 Å². The molecular formula is C14H12ClF4N3O2. The molecule has 5 nitrogen and oxygen atoms in total. The van der Waals surface area contributed by atoms with Crippen LogP contribution in [-0.2, 0) is 4.79 Å². The predicted molar refractivity (Wildman–Crippen MR) is 78.6 cm³/mol. The van der Waals surface area contributed by atoms with Gasteiger partial charge in [0.25, 0.3) is 12.9 Å². The number of hydrogen-bond donors (Lipinski definition) is 2. The van der Waals surface area contributed by atoms with Crippen molar-refractivity contribution in [1.82, 2.24) is 9.78 Å². The summed E-state index contributed by atoms with van der Waals surface area (Å²) in [6, 6.07) is 3.10. The van der Waals surface area contributed by atoms with Crippen molar-refractivity contribution in [3.8, 4) is 5.75 Å². The number of aromatic nitrogens is 2. The lowest BCUT2D eigenvalue weighted by atomic mass is 10.2. The summed E-state index contributed by atoms with van der Waals surface area (Å²) in [6.45, 7) is 1.21. The molecule has 130 valence electrons. The number of nitrogens with zero attached hydrogens (tertiary/aromatic N) is 2. The minimum absolute atomic E-state index is 0.0424. The van der Waals surface area contributed by atoms with Crippen LogP contribution in [0.1, 0.15) is 37.2 Å². The van der Waals surface area contributed by atoms with E-state index >= 15 is 0 Å². The van der Waals surface area contributed by atoms with Gasteiger partial charge in [0, 0.05) is 5.02 Å². The summed E-state index contributed by atoms with van der Waals surface area (Å²) in [5.74, 6) is -1.12. The van der Waals surface area contributed by atoms with Crippen LogP contribution in [0.25, 0.3) is 0 Å². The standard InChI is InChI=1S/C14H12ClF4N3O2/c1-6(14(24)20-8-4-7(15)2-3-11(8)23)22-10(13(18)19)5-9(21-22)12(16)17/h2-6,12-13,23H,1H3,(H,20,24). The summed E-state index contributed by atoms with van der Waals surface area (Å²) in [4.78, 5) is 12.2. The molecule has 2 N–H and O–H groups in total. The molecule has 0 saturated carbocycles. The van der Waals surface area contributed by atoms with Crippen molar-refractivity contribution in [3.63, 3.8) is 0 Å². The average Bonchev–Trinajstić information content (AvgIpc) is 2.95. The van der Waals surface area contributed by atoms with E-state index in [0.29, 0.717) is 10.7 Å². The molecule has 1 aromatic carbocycles. The predicted octanol–water partition coefficient (Wildman–Crippen LogP) is 4.32. The summed E-state index contributed by atoms with van der Waals surface area (Å²) >= 11 is 5.74. The number of phenolic OH excluding ortho intramolecular Hbond substituents is 1. The second-order valence-electron chi connectivity index (χ2n) is 4.87. The SMILES string of the molecule is CC(C(=O)Nc1cc(Cl)ccc1O)n1nc(C(F)F)cc1C(F)F. The quantitative estimate of drug-likeness (QED) is 0.612. The van der Waals surface area contributed by atoms with Gasteiger partial charge in [0.2, 0.25) is 5.91 Å². The maximum atomic E-state index is 13.0. The number of nitrogens with one attached hydrogen (secondary N) is 1. The summed E-state index contributed by atoms with van der Waals surface area (Å²) < 4.78 is 51.8. The van der Waals surface area contributed by atoms with Gasteiger partial charge in [-0.2, -0.15) is 5.10 Å². The molecule has 1 unspecified atom stereocenters. The van der Waals surface area contributed by atoms with Gasteiger partial charge in [0.1, 0.15) is 23.2 Å². The van der Waals surface area contributed by atoms with Crippen LogP contribution < -0.4 is 5.32 Å². The number of benzene rings is 1. The zero-order valence-corrected chi connectivity index (χ0v) is 12.9. The van der Waals surface area contributed by atoms with Crippen molar-refractivity contribution in [2.75, 3.05) is 5.32 Å². The monoisotopic (exact) mass is 365 g/mol. The normalized spacial score (nSPS) is 12.7. The Morgan fingerprint density at radius 3 is 2.50 bits per heavy atom. The number of aromatic hydroxyl groups is 1. The molecule has 0 saturated heterocycles. The number of carbonyl (C=O) groups is 1. The van der Waals surface area contributed by atoms with Crippen LogP contribution in [0.15, 0.2) is 24.3 Å². The van der Waals surface area contributed by atoms with Crippen molar-refractivity contribution < 1.29 is 27.5 Å². The Kier molecular flexibility index (Phi) is 5.33. The molecule has 0 aliphatic carbocycles. The van der Waals surface area contributed by atoms with E-state index in [0.717, 1.165) is 0 Å². The third-order valence-electron chi connectivity index (χ3n) is 3.19. The lowest BCUT2D eigenvalue weighted by Gasteiger charge is -2.16. The molecule has 0 spiro atoms. The highest BCUT2D eigenvalue weighted by atomic mass is 35.5. The highest BCUT2D eigenvalue weighted by molar-refractivity contribution is 6.31. The summed E-state index contributed by atoms with van der Waals surface area (Å²) in [5, 5.41) is 15.5. The minimum Gasteiger partial charge on any atom is -0.506 e. The molecule has 1 aromatic heterocycles. The van der Waals surface area contributed by atoms with Gasteiger partial charge >= 0.3 is 0 Å². The van der Waals surface area contributed by atoms with Crippen LogP contribution in [0.5, 0.6) is 5.75 Å². The second kappa shape index (κ2) is 7.08. The maximum Gasteiger partial charge on any atom is 0.282 e. The first-order chi connectivity index (χ1) is 11.2. The number of anilines is 1. The molecule has 1 heterocycles. The van der Waals surface area contributed by atoms with E-state index in [1.807, 2.05) is 0 Å². The highest BCUT2D eigenvalue weighted by Crippen LogP contribution is 2.30. The van der Waals surface area contributed by atoms with Gasteiger partial charge in [0.05, 0.1) is 5.69 Å². The minimum atomic E-state index is -3.08. The molecule has 2 rings (SSSR count). The van der Waals surface area contributed by atoms with Crippen molar-refractivity contribution in [2.24, 2.45) is 0 Å². The van der Waals surface area contributed by atoms with Gasteiger partial charge in [-0.1, -0.05) is 11.6 Å². The average molecular weight is 366 g/mol. The molecule has 10 heteroatoms. The summed E-state index contributed by atoms with van der Waals surface area (Å²) in [6.07, 6.45) is -6.13. The third kappa shape index (κ3) is 3.78. The molecule has 0 fully saturated rings. The third-order valence-corrected chi connectivity index (χ3v) is 3.43. The number of amides is 1. The van der Waals surface area contributed by atoms with Gasteiger partial charge in [-0.3, -0.25) is 9.48 Å². The van der Waals surface area contributed by atoms with Crippen molar-refractivity contribution in [2.45, 2.75) is 25.8 Å². The van der Waals surface area contributed by atoms with Crippen LogP contribution in [0.4, 0.5) is 23.2 Å². The number of phenols is 1. The molecule has 1 amide bonds. The fourth-order valence-electron chi connectivity index (χ4n) is 1.97. The molecule has 2 aromatic rings. The van der Waals surface area contributed by atoms with Crippen LogP contribution in [0.2, 0.25) is 5.02 Å². The van der Waals surface area contributed by atoms with Gasteiger partial charge in [-0.25, -0.2) is 17.6 Å². The van der Waals surface area contributed by atoms with E-state index in [9.17, 15) is 27.5 Å². The molecule has 0 aliphatic rings. The fraction of sp³-hybridized carbons (Fsp3) is 0.286. The van der Waals surface area contributed by atoms with E-state index in [4.69, 9.17) is 11.6 Å². The van der Waals surface area contributed by atoms with Crippen LogP contribution >= 0.6 is 11.6 Å². The second-order valence-corrected chi connectivity index (χ2v) is 5.30. The Hall–Kier alpha value is -2.29. The lowest BCUT2D eigenvalue weighted by molar-refractivity contribution is -0.119. The van der Waals surface area contributed by atoms with Gasteiger partial charge < -0.3 is 10.4 Å². The fourth-order valence-corrected chi connectivity index (χ4v) is 2.14. The Morgan fingerprint density at radius 1 is 1.25 bits per heavy atom. The zero-order valence-electron chi connectivity index (χ0n) is 12.2. The van der Waals surface area contributed by atoms with Crippen LogP contribution in [-0.4, -0.2) is 20.8 Å². The Bertz CT molecular complexity index is 752. The summed E-state index contributed by atoms with van der Waals surface area (Å²) in [7, 11) is 0. The molecule has 0 radical (unpaired) electrons. The highest BCUT2D eigenvalue weighted by Gasteiger charge is 2.27.